The molecule has 4 heteroatoms. The molecule has 0 radical (unpaired) electrons. The number of carbonyl (C=O) groups is 1. The third-order valence-electron chi connectivity index (χ3n) is 2.25. The number of hydrogen-bond acceptors (Lipinski definition) is 2. The molecule has 0 aromatic carbocycles. The van der Waals surface area contributed by atoms with E-state index < -0.39 is 0 Å². The topological polar surface area (TPSA) is 46.9 Å². The highest BCUT2D eigenvalue weighted by molar-refractivity contribution is 5.99. The van der Waals surface area contributed by atoms with Crippen LogP contribution in [0.4, 0.5) is 0 Å². The van der Waals surface area contributed by atoms with Crippen LogP contribution in [0.25, 0.3) is 0 Å². The second kappa shape index (κ2) is 2.09. The van der Waals surface area contributed by atoms with Crippen LogP contribution in [0.15, 0.2) is 0 Å². The van der Waals surface area contributed by atoms with Crippen LogP contribution in [0.3, 0.4) is 0 Å². The Morgan fingerprint density at radius 1 is 1.58 bits per heavy atom. The molecule has 1 atom stereocenters. The van der Waals surface area contributed by atoms with E-state index in [9.17, 15) is 4.79 Å². The zero-order valence-electron chi connectivity index (χ0n) is 7.38. The van der Waals surface area contributed by atoms with Gasteiger partial charge in [-0.1, -0.05) is 0 Å². The van der Waals surface area contributed by atoms with Gasteiger partial charge in [-0.2, -0.15) is 5.10 Å². The van der Waals surface area contributed by atoms with Crippen molar-refractivity contribution in [1.82, 2.24) is 15.1 Å². The summed E-state index contributed by atoms with van der Waals surface area (Å²) < 4.78 is 1.77. The summed E-state index contributed by atoms with van der Waals surface area (Å²) >= 11 is 0. The van der Waals surface area contributed by atoms with Crippen molar-refractivity contribution in [3.05, 3.63) is 17.0 Å². The van der Waals surface area contributed by atoms with Gasteiger partial charge in [-0.25, -0.2) is 0 Å². The van der Waals surface area contributed by atoms with E-state index in [-0.39, 0.29) is 11.9 Å². The number of rotatable bonds is 0. The molecule has 12 heavy (non-hydrogen) atoms. The quantitative estimate of drug-likeness (QED) is 0.609. The lowest BCUT2D eigenvalue weighted by Crippen LogP contribution is -2.18. The molecule has 0 fully saturated rings. The minimum Gasteiger partial charge on any atom is -0.344 e. The van der Waals surface area contributed by atoms with Gasteiger partial charge >= 0.3 is 0 Å². The van der Waals surface area contributed by atoms with E-state index in [1.54, 1.807) is 4.68 Å². The predicted molar refractivity (Wildman–Crippen MR) is 43.8 cm³/mol. The third-order valence-corrected chi connectivity index (χ3v) is 2.25. The number of fused-ring (bicyclic) bond motifs is 1. The van der Waals surface area contributed by atoms with E-state index in [1.807, 2.05) is 20.9 Å². The van der Waals surface area contributed by atoms with Gasteiger partial charge in [0.25, 0.3) is 5.91 Å². The summed E-state index contributed by atoms with van der Waals surface area (Å²) in [6, 6.07) is 0.0960. The maximum Gasteiger partial charge on any atom is 0.255 e. The standard InChI is InChI=1S/C8H11N3O/c1-4-6-7(11(3)10-4)5(2)9-8(6)12/h5H,1-3H3,(H,9,12). The number of carbonyl (C=O) groups excluding carboxylic acids is 1. The molecule has 1 aliphatic rings. The van der Waals surface area contributed by atoms with Gasteiger partial charge in [0, 0.05) is 7.05 Å². The number of nitrogens with zero attached hydrogens (tertiary/aromatic N) is 2. The van der Waals surface area contributed by atoms with Crippen LogP contribution in [0.2, 0.25) is 0 Å². The first-order chi connectivity index (χ1) is 5.61. The van der Waals surface area contributed by atoms with Gasteiger partial charge in [0.1, 0.15) is 0 Å². The molecular formula is C8H11N3O. The number of aryl methyl sites for hydroxylation is 2. The Morgan fingerprint density at radius 2 is 2.25 bits per heavy atom. The molecule has 0 spiro atoms. The first kappa shape index (κ1) is 7.34. The largest absolute Gasteiger partial charge is 0.344 e. The molecule has 64 valence electrons. The molecule has 0 saturated carbocycles. The van der Waals surface area contributed by atoms with E-state index in [0.29, 0.717) is 0 Å². The molecule has 0 aliphatic carbocycles. The highest BCUT2D eigenvalue weighted by atomic mass is 16.2. The Balaban J connectivity index is 2.69. The third kappa shape index (κ3) is 0.719. The smallest absolute Gasteiger partial charge is 0.255 e. The molecule has 2 rings (SSSR count). The SMILES string of the molecule is Cc1nn(C)c2c1C(=O)NC2C. The Hall–Kier alpha value is -1.32. The fraction of sp³-hybridized carbons (Fsp3) is 0.500. The second-order valence-corrected chi connectivity index (χ2v) is 3.16. The van der Waals surface area contributed by atoms with E-state index in [0.717, 1.165) is 17.0 Å². The van der Waals surface area contributed by atoms with Crippen molar-refractivity contribution in [3.8, 4) is 0 Å². The van der Waals surface area contributed by atoms with Crippen LogP contribution in [-0.2, 0) is 7.05 Å². The number of aromatic nitrogens is 2. The maximum atomic E-state index is 11.3. The summed E-state index contributed by atoms with van der Waals surface area (Å²) in [4.78, 5) is 11.3. The van der Waals surface area contributed by atoms with E-state index in [4.69, 9.17) is 0 Å². The molecule has 1 amide bonds. The van der Waals surface area contributed by atoms with Gasteiger partial charge in [-0.15, -0.1) is 0 Å². The number of amides is 1. The average molecular weight is 165 g/mol. The second-order valence-electron chi connectivity index (χ2n) is 3.16. The van der Waals surface area contributed by atoms with Gasteiger partial charge in [0.05, 0.1) is 23.0 Å². The van der Waals surface area contributed by atoms with E-state index in [2.05, 4.69) is 10.4 Å². The Labute approximate surface area is 70.6 Å². The molecule has 1 aromatic rings. The van der Waals surface area contributed by atoms with Crippen LogP contribution >= 0.6 is 0 Å². The molecule has 1 aliphatic heterocycles. The van der Waals surface area contributed by atoms with Crippen molar-refractivity contribution in [2.75, 3.05) is 0 Å². The first-order valence-electron chi connectivity index (χ1n) is 3.95. The minimum atomic E-state index is 0.00287. The van der Waals surface area contributed by atoms with Crippen molar-refractivity contribution in [2.24, 2.45) is 7.05 Å². The summed E-state index contributed by atoms with van der Waals surface area (Å²) in [7, 11) is 1.86. The maximum absolute atomic E-state index is 11.3. The van der Waals surface area contributed by atoms with Gasteiger partial charge < -0.3 is 5.32 Å². The molecular weight excluding hydrogens is 154 g/mol. The lowest BCUT2D eigenvalue weighted by molar-refractivity contribution is 0.0957. The van der Waals surface area contributed by atoms with Crippen LogP contribution in [0, 0.1) is 6.92 Å². The Morgan fingerprint density at radius 3 is 2.83 bits per heavy atom. The normalized spacial score (nSPS) is 20.9. The predicted octanol–water partition coefficient (Wildman–Crippen LogP) is 0.533. The molecule has 4 nitrogen and oxygen atoms in total. The fourth-order valence-electron chi connectivity index (χ4n) is 1.79. The summed E-state index contributed by atoms with van der Waals surface area (Å²) in [5.41, 5.74) is 2.57. The summed E-state index contributed by atoms with van der Waals surface area (Å²) in [6.07, 6.45) is 0. The monoisotopic (exact) mass is 165 g/mol. The van der Waals surface area contributed by atoms with Crippen molar-refractivity contribution in [2.45, 2.75) is 19.9 Å². The minimum absolute atomic E-state index is 0.00287. The zero-order chi connectivity index (χ0) is 8.88. The van der Waals surface area contributed by atoms with Gasteiger partial charge in [0.2, 0.25) is 0 Å². The van der Waals surface area contributed by atoms with Crippen LogP contribution in [0.5, 0.6) is 0 Å². The fourth-order valence-corrected chi connectivity index (χ4v) is 1.79. The molecule has 1 aromatic heterocycles. The van der Waals surface area contributed by atoms with Crippen LogP contribution < -0.4 is 5.32 Å². The Bertz CT molecular complexity index is 353. The molecule has 2 heterocycles. The molecule has 1 unspecified atom stereocenters. The summed E-state index contributed by atoms with van der Waals surface area (Å²) in [5, 5.41) is 7.03. The highest BCUT2D eigenvalue weighted by Crippen LogP contribution is 2.26. The lowest BCUT2D eigenvalue weighted by Gasteiger charge is -2.04. The van der Waals surface area contributed by atoms with Crippen molar-refractivity contribution < 1.29 is 4.79 Å². The number of hydrogen-bond donors (Lipinski definition) is 1. The Kier molecular flexibility index (Phi) is 1.28. The van der Waals surface area contributed by atoms with Crippen molar-refractivity contribution in [3.63, 3.8) is 0 Å². The van der Waals surface area contributed by atoms with Gasteiger partial charge in [0.15, 0.2) is 0 Å². The summed E-state index contributed by atoms with van der Waals surface area (Å²) in [5.74, 6) is 0.00287. The van der Waals surface area contributed by atoms with Crippen molar-refractivity contribution >= 4 is 5.91 Å². The van der Waals surface area contributed by atoms with Gasteiger partial charge in [-0.05, 0) is 13.8 Å². The number of nitrogens with one attached hydrogen (secondary N) is 1. The average Bonchev–Trinajstić information content (AvgIpc) is 2.38. The lowest BCUT2D eigenvalue weighted by atomic mass is 10.2. The molecule has 0 bridgehead atoms. The highest BCUT2D eigenvalue weighted by Gasteiger charge is 2.31. The van der Waals surface area contributed by atoms with Gasteiger partial charge in [-0.3, -0.25) is 9.48 Å². The molecule has 1 N–H and O–H groups in total. The van der Waals surface area contributed by atoms with Crippen molar-refractivity contribution in [1.29, 1.82) is 0 Å². The van der Waals surface area contributed by atoms with E-state index in [1.165, 1.54) is 0 Å². The first-order valence-corrected chi connectivity index (χ1v) is 3.95. The van der Waals surface area contributed by atoms with Crippen LogP contribution in [-0.4, -0.2) is 15.7 Å². The van der Waals surface area contributed by atoms with Crippen LogP contribution in [0.1, 0.15) is 34.7 Å². The van der Waals surface area contributed by atoms with E-state index >= 15 is 0 Å². The summed E-state index contributed by atoms with van der Waals surface area (Å²) in [6.45, 7) is 3.82. The zero-order valence-corrected chi connectivity index (χ0v) is 7.38. The molecule has 0 saturated heterocycles.